The van der Waals surface area contributed by atoms with Crippen LogP contribution in [0.3, 0.4) is 0 Å². The van der Waals surface area contributed by atoms with E-state index in [0.717, 1.165) is 13.0 Å². The highest BCUT2D eigenvalue weighted by molar-refractivity contribution is 7.11. The highest BCUT2D eigenvalue weighted by Gasteiger charge is 2.24. The highest BCUT2D eigenvalue weighted by atomic mass is 32.1. The summed E-state index contributed by atoms with van der Waals surface area (Å²) >= 11 is 1.92. The minimum Gasteiger partial charge on any atom is -0.310 e. The number of hydrogen-bond donors (Lipinski definition) is 1. The molecule has 112 valence electrons. The number of fused-ring (bicyclic) bond motifs is 1. The molecule has 1 aliphatic rings. The molecule has 0 spiro atoms. The van der Waals surface area contributed by atoms with Crippen molar-refractivity contribution in [1.29, 1.82) is 0 Å². The molecule has 1 heterocycles. The number of thiazole rings is 1. The van der Waals surface area contributed by atoms with E-state index in [1.807, 2.05) is 11.3 Å². The number of nitrogens with zero attached hydrogens (tertiary/aromatic N) is 1. The van der Waals surface area contributed by atoms with Crippen LogP contribution in [-0.4, -0.2) is 11.5 Å². The van der Waals surface area contributed by atoms with Gasteiger partial charge in [-0.05, 0) is 50.8 Å². The number of benzene rings is 1. The number of aromatic nitrogens is 1. The maximum Gasteiger partial charge on any atom is 0.0965 e. The minimum atomic E-state index is 0.414. The summed E-state index contributed by atoms with van der Waals surface area (Å²) in [6.45, 7) is 7.56. The molecular weight excluding hydrogens is 276 g/mol. The van der Waals surface area contributed by atoms with Crippen molar-refractivity contribution < 1.29 is 0 Å². The first-order chi connectivity index (χ1) is 10.2. The van der Waals surface area contributed by atoms with E-state index >= 15 is 0 Å². The highest BCUT2D eigenvalue weighted by Crippen LogP contribution is 2.37. The van der Waals surface area contributed by atoms with Crippen LogP contribution in [0.25, 0.3) is 0 Å². The Kier molecular flexibility index (Phi) is 4.41. The number of hydrogen-bond acceptors (Lipinski definition) is 3. The van der Waals surface area contributed by atoms with Gasteiger partial charge in [0.2, 0.25) is 0 Å². The van der Waals surface area contributed by atoms with Gasteiger partial charge in [0, 0.05) is 16.8 Å². The molecule has 2 aromatic rings. The molecule has 1 aromatic carbocycles. The maximum atomic E-state index is 4.89. The molecule has 3 rings (SSSR count). The second kappa shape index (κ2) is 6.29. The molecule has 0 saturated carbocycles. The van der Waals surface area contributed by atoms with Crippen molar-refractivity contribution in [2.45, 2.75) is 52.0 Å². The van der Waals surface area contributed by atoms with Gasteiger partial charge in [0.15, 0.2) is 0 Å². The topological polar surface area (TPSA) is 24.9 Å². The lowest BCUT2D eigenvalue weighted by atomic mass is 9.84. The van der Waals surface area contributed by atoms with Crippen LogP contribution in [0.1, 0.15) is 58.9 Å². The summed E-state index contributed by atoms with van der Waals surface area (Å²) in [6.07, 6.45) is 3.58. The zero-order chi connectivity index (χ0) is 14.8. The second-order valence-corrected chi connectivity index (χ2v) is 7.05. The Morgan fingerprint density at radius 3 is 2.86 bits per heavy atom. The third kappa shape index (κ3) is 3.04. The monoisotopic (exact) mass is 300 g/mol. The van der Waals surface area contributed by atoms with Crippen molar-refractivity contribution in [3.05, 3.63) is 51.0 Å². The summed E-state index contributed by atoms with van der Waals surface area (Å²) in [5.74, 6) is 0.603. The fraction of sp³-hybridized carbons (Fsp3) is 0.500. The van der Waals surface area contributed by atoms with Gasteiger partial charge in [-0.15, -0.1) is 11.3 Å². The predicted octanol–water partition coefficient (Wildman–Crippen LogP) is 4.39. The lowest BCUT2D eigenvalue weighted by Gasteiger charge is -2.22. The molecule has 2 unspecified atom stereocenters. The Labute approximate surface area is 131 Å². The van der Waals surface area contributed by atoms with Gasteiger partial charge >= 0.3 is 0 Å². The molecule has 0 saturated heterocycles. The molecule has 21 heavy (non-hydrogen) atoms. The van der Waals surface area contributed by atoms with Crippen molar-refractivity contribution in [2.24, 2.45) is 0 Å². The van der Waals surface area contributed by atoms with Gasteiger partial charge in [-0.3, -0.25) is 0 Å². The van der Waals surface area contributed by atoms with Crippen LogP contribution >= 0.6 is 11.3 Å². The number of nitrogens with one attached hydrogen (secondary N) is 1. The van der Waals surface area contributed by atoms with Crippen LogP contribution in [0.4, 0.5) is 0 Å². The van der Waals surface area contributed by atoms with Crippen LogP contribution in [0.5, 0.6) is 0 Å². The van der Waals surface area contributed by atoms with E-state index in [4.69, 9.17) is 4.98 Å². The molecule has 0 bridgehead atoms. The minimum absolute atomic E-state index is 0.414. The molecule has 2 atom stereocenters. The average Bonchev–Trinajstić information content (AvgIpc) is 2.89. The van der Waals surface area contributed by atoms with Crippen LogP contribution < -0.4 is 5.32 Å². The Hall–Kier alpha value is -1.19. The number of rotatable bonds is 4. The van der Waals surface area contributed by atoms with Gasteiger partial charge in [-0.2, -0.15) is 0 Å². The first kappa shape index (κ1) is 14.7. The van der Waals surface area contributed by atoms with Crippen LogP contribution in [0.2, 0.25) is 0 Å². The zero-order valence-electron chi connectivity index (χ0n) is 13.1. The largest absolute Gasteiger partial charge is 0.310 e. The van der Waals surface area contributed by atoms with E-state index in [9.17, 15) is 0 Å². The molecule has 1 N–H and O–H groups in total. The smallest absolute Gasteiger partial charge is 0.0965 e. The molecule has 3 heteroatoms. The van der Waals surface area contributed by atoms with Crippen molar-refractivity contribution in [3.8, 4) is 0 Å². The van der Waals surface area contributed by atoms with E-state index in [1.54, 1.807) is 0 Å². The van der Waals surface area contributed by atoms with Gasteiger partial charge in [0.1, 0.15) is 0 Å². The van der Waals surface area contributed by atoms with Crippen molar-refractivity contribution in [3.63, 3.8) is 0 Å². The summed E-state index contributed by atoms with van der Waals surface area (Å²) in [5.41, 5.74) is 4.26. The van der Waals surface area contributed by atoms with E-state index < -0.39 is 0 Å². The van der Waals surface area contributed by atoms with E-state index in [1.165, 1.54) is 39.5 Å². The molecular formula is C18H24N2S. The summed E-state index contributed by atoms with van der Waals surface area (Å²) in [6, 6.07) is 9.29. The van der Waals surface area contributed by atoms with Crippen molar-refractivity contribution in [1.82, 2.24) is 10.3 Å². The molecule has 0 amide bonds. The Bertz CT molecular complexity index is 617. The zero-order valence-corrected chi connectivity index (χ0v) is 14.0. The normalized spacial score (nSPS) is 19.3. The molecule has 1 aromatic heterocycles. The van der Waals surface area contributed by atoms with Crippen LogP contribution in [0.15, 0.2) is 24.3 Å². The quantitative estimate of drug-likeness (QED) is 0.905. The summed E-state index contributed by atoms with van der Waals surface area (Å²) in [4.78, 5) is 6.30. The lowest BCUT2D eigenvalue weighted by molar-refractivity contribution is 0.580. The third-order valence-corrected chi connectivity index (χ3v) is 5.95. The predicted molar refractivity (Wildman–Crippen MR) is 90.2 cm³/mol. The molecule has 0 aliphatic heterocycles. The average molecular weight is 300 g/mol. The van der Waals surface area contributed by atoms with Crippen LogP contribution in [0, 0.1) is 6.92 Å². The molecule has 1 aliphatic carbocycles. The molecule has 0 radical (unpaired) electrons. The van der Waals surface area contributed by atoms with E-state index in [-0.39, 0.29) is 0 Å². The van der Waals surface area contributed by atoms with Gasteiger partial charge in [0.05, 0.1) is 10.7 Å². The summed E-state index contributed by atoms with van der Waals surface area (Å²) in [7, 11) is 0. The Morgan fingerprint density at radius 1 is 1.33 bits per heavy atom. The standard InChI is InChI=1S/C18H24N2S/c1-4-19-12(2)17-13(3)20-18(21-17)16-10-9-14-7-5-6-8-15(14)11-16/h5-8,12,16,19H,4,9-11H2,1-3H3. The first-order valence-electron chi connectivity index (χ1n) is 7.96. The van der Waals surface area contributed by atoms with Crippen LogP contribution in [-0.2, 0) is 12.8 Å². The SMILES string of the molecule is CCNC(C)c1sc(C2CCc3ccccc3C2)nc1C. The van der Waals surface area contributed by atoms with Gasteiger partial charge in [0.25, 0.3) is 0 Å². The van der Waals surface area contributed by atoms with E-state index in [0.29, 0.717) is 12.0 Å². The Balaban J connectivity index is 1.81. The number of aryl methyl sites for hydroxylation is 2. The maximum absolute atomic E-state index is 4.89. The van der Waals surface area contributed by atoms with Crippen molar-refractivity contribution >= 4 is 11.3 Å². The fourth-order valence-electron chi connectivity index (χ4n) is 3.31. The second-order valence-electron chi connectivity index (χ2n) is 5.99. The van der Waals surface area contributed by atoms with Crippen molar-refractivity contribution in [2.75, 3.05) is 6.54 Å². The lowest BCUT2D eigenvalue weighted by Crippen LogP contribution is -2.17. The summed E-state index contributed by atoms with van der Waals surface area (Å²) in [5, 5.41) is 4.84. The molecule has 2 nitrogen and oxygen atoms in total. The van der Waals surface area contributed by atoms with E-state index in [2.05, 4.69) is 50.4 Å². The Morgan fingerprint density at radius 2 is 2.10 bits per heavy atom. The van der Waals surface area contributed by atoms with Gasteiger partial charge in [-0.1, -0.05) is 31.2 Å². The third-order valence-electron chi connectivity index (χ3n) is 4.45. The summed E-state index contributed by atoms with van der Waals surface area (Å²) < 4.78 is 0. The van der Waals surface area contributed by atoms with Gasteiger partial charge < -0.3 is 5.32 Å². The first-order valence-corrected chi connectivity index (χ1v) is 8.78. The molecule has 0 fully saturated rings. The van der Waals surface area contributed by atoms with Gasteiger partial charge in [-0.25, -0.2) is 4.98 Å². The fourth-order valence-corrected chi connectivity index (χ4v) is 4.54.